The standard InChI is InChI=1S/C20H32N2O3S/c1-5-22(6-2)26(24,25)18-13-15(3)16(4)19(14-18)21-20(23)12-11-17-9-7-8-10-17/h13-14,17H,5-12H2,1-4H3,(H,21,23). The molecule has 0 spiro atoms. The van der Waals surface area contributed by atoms with Gasteiger partial charge in [-0.2, -0.15) is 4.31 Å². The summed E-state index contributed by atoms with van der Waals surface area (Å²) in [5.74, 6) is 0.634. The first-order valence-corrected chi connectivity index (χ1v) is 11.1. The van der Waals surface area contributed by atoms with Crippen molar-refractivity contribution < 1.29 is 13.2 Å². The number of hydrogen-bond acceptors (Lipinski definition) is 3. The summed E-state index contributed by atoms with van der Waals surface area (Å²) in [5, 5.41) is 2.94. The predicted molar refractivity (Wildman–Crippen MR) is 106 cm³/mol. The molecule has 1 aromatic carbocycles. The zero-order valence-corrected chi connectivity index (χ0v) is 17.3. The van der Waals surface area contributed by atoms with Crippen molar-refractivity contribution in [3.05, 3.63) is 23.3 Å². The average Bonchev–Trinajstić information content (AvgIpc) is 3.11. The minimum absolute atomic E-state index is 0.0308. The van der Waals surface area contributed by atoms with Gasteiger partial charge in [-0.25, -0.2) is 8.42 Å². The van der Waals surface area contributed by atoms with Crippen LogP contribution < -0.4 is 5.32 Å². The Bertz CT molecular complexity index is 734. The zero-order valence-electron chi connectivity index (χ0n) is 16.5. The quantitative estimate of drug-likeness (QED) is 0.733. The first kappa shape index (κ1) is 20.9. The van der Waals surface area contributed by atoms with Gasteiger partial charge in [-0.05, 0) is 49.4 Å². The minimum Gasteiger partial charge on any atom is -0.326 e. The topological polar surface area (TPSA) is 66.5 Å². The van der Waals surface area contributed by atoms with Crippen LogP contribution >= 0.6 is 0 Å². The zero-order chi connectivity index (χ0) is 19.3. The third-order valence-electron chi connectivity index (χ3n) is 5.51. The van der Waals surface area contributed by atoms with Crippen molar-refractivity contribution in [2.24, 2.45) is 5.92 Å². The van der Waals surface area contributed by atoms with Crippen molar-refractivity contribution in [3.63, 3.8) is 0 Å². The molecule has 1 N–H and O–H groups in total. The van der Waals surface area contributed by atoms with E-state index in [1.165, 1.54) is 30.0 Å². The molecule has 1 saturated carbocycles. The van der Waals surface area contributed by atoms with Crippen LogP contribution in [0.3, 0.4) is 0 Å². The Morgan fingerprint density at radius 2 is 1.77 bits per heavy atom. The SMILES string of the molecule is CCN(CC)S(=O)(=O)c1cc(C)c(C)c(NC(=O)CCC2CCCC2)c1. The Kier molecular flexibility index (Phi) is 7.24. The lowest BCUT2D eigenvalue weighted by atomic mass is 10.0. The molecule has 1 aromatic rings. The number of aryl methyl sites for hydroxylation is 1. The number of sulfonamides is 1. The number of carbonyl (C=O) groups excluding carboxylic acids is 1. The van der Waals surface area contributed by atoms with E-state index in [1.807, 2.05) is 27.7 Å². The van der Waals surface area contributed by atoms with Crippen LogP contribution in [0.15, 0.2) is 17.0 Å². The molecule has 2 rings (SSSR count). The number of hydrogen-bond donors (Lipinski definition) is 1. The maximum Gasteiger partial charge on any atom is 0.243 e. The van der Waals surface area contributed by atoms with Gasteiger partial charge in [0.05, 0.1) is 4.90 Å². The second-order valence-electron chi connectivity index (χ2n) is 7.24. The number of nitrogens with one attached hydrogen (secondary N) is 1. The van der Waals surface area contributed by atoms with E-state index in [4.69, 9.17) is 0 Å². The normalized spacial score (nSPS) is 15.6. The van der Waals surface area contributed by atoms with Gasteiger partial charge in [0.2, 0.25) is 15.9 Å². The third kappa shape index (κ3) is 4.86. The molecule has 0 unspecified atom stereocenters. The van der Waals surface area contributed by atoms with Crippen LogP contribution in [0.4, 0.5) is 5.69 Å². The second kappa shape index (κ2) is 9.00. The number of anilines is 1. The van der Waals surface area contributed by atoms with Crippen LogP contribution in [0, 0.1) is 19.8 Å². The van der Waals surface area contributed by atoms with Gasteiger partial charge in [-0.15, -0.1) is 0 Å². The van der Waals surface area contributed by atoms with Gasteiger partial charge in [0, 0.05) is 25.2 Å². The Morgan fingerprint density at radius 1 is 1.15 bits per heavy atom. The van der Waals surface area contributed by atoms with Gasteiger partial charge in [0.25, 0.3) is 0 Å². The third-order valence-corrected chi connectivity index (χ3v) is 7.54. The molecule has 0 atom stereocenters. The number of rotatable bonds is 8. The van der Waals surface area contributed by atoms with E-state index >= 15 is 0 Å². The van der Waals surface area contributed by atoms with Gasteiger partial charge in [0.1, 0.15) is 0 Å². The van der Waals surface area contributed by atoms with Crippen molar-refractivity contribution in [2.75, 3.05) is 18.4 Å². The fraction of sp³-hybridized carbons (Fsp3) is 0.650. The molecule has 0 aliphatic heterocycles. The summed E-state index contributed by atoms with van der Waals surface area (Å²) in [6.07, 6.45) is 6.41. The molecule has 0 radical (unpaired) electrons. The fourth-order valence-corrected chi connectivity index (χ4v) is 5.24. The largest absolute Gasteiger partial charge is 0.326 e. The van der Waals surface area contributed by atoms with Crippen molar-refractivity contribution in [3.8, 4) is 0 Å². The molecule has 1 aliphatic carbocycles. The lowest BCUT2D eigenvalue weighted by molar-refractivity contribution is -0.116. The van der Waals surface area contributed by atoms with E-state index in [9.17, 15) is 13.2 Å². The van der Waals surface area contributed by atoms with E-state index < -0.39 is 10.0 Å². The molecular formula is C20H32N2O3S. The summed E-state index contributed by atoms with van der Waals surface area (Å²) in [7, 11) is -3.54. The summed E-state index contributed by atoms with van der Waals surface area (Å²) in [4.78, 5) is 12.6. The minimum atomic E-state index is -3.54. The number of carbonyl (C=O) groups is 1. The monoisotopic (exact) mass is 380 g/mol. The van der Waals surface area contributed by atoms with Gasteiger partial charge in [-0.1, -0.05) is 39.5 Å². The Hall–Kier alpha value is -1.40. The van der Waals surface area contributed by atoms with Gasteiger partial charge in [-0.3, -0.25) is 4.79 Å². The first-order valence-electron chi connectivity index (χ1n) is 9.70. The number of nitrogens with zero attached hydrogens (tertiary/aromatic N) is 1. The summed E-state index contributed by atoms with van der Waals surface area (Å²) in [6, 6.07) is 3.29. The van der Waals surface area contributed by atoms with E-state index in [0.717, 1.165) is 17.5 Å². The van der Waals surface area contributed by atoms with E-state index in [1.54, 1.807) is 12.1 Å². The molecule has 1 fully saturated rings. The maximum atomic E-state index is 12.8. The van der Waals surface area contributed by atoms with Crippen molar-refractivity contribution in [1.29, 1.82) is 0 Å². The Morgan fingerprint density at radius 3 is 2.35 bits per heavy atom. The highest BCUT2D eigenvalue weighted by Gasteiger charge is 2.23. The van der Waals surface area contributed by atoms with E-state index in [2.05, 4.69) is 5.32 Å². The van der Waals surface area contributed by atoms with Crippen molar-refractivity contribution in [1.82, 2.24) is 4.31 Å². The Labute approximate surface area is 158 Å². The van der Waals surface area contributed by atoms with Crippen molar-refractivity contribution >= 4 is 21.6 Å². The molecule has 0 aromatic heterocycles. The van der Waals surface area contributed by atoms with Crippen LogP contribution in [0.1, 0.15) is 63.5 Å². The lowest BCUT2D eigenvalue weighted by Crippen LogP contribution is -2.30. The van der Waals surface area contributed by atoms with Gasteiger partial charge < -0.3 is 5.32 Å². The summed E-state index contributed by atoms with van der Waals surface area (Å²) < 4.78 is 27.1. The molecule has 6 heteroatoms. The van der Waals surface area contributed by atoms with Crippen LogP contribution in [0.5, 0.6) is 0 Å². The molecule has 146 valence electrons. The molecule has 0 bridgehead atoms. The van der Waals surface area contributed by atoms with E-state index in [0.29, 0.717) is 31.1 Å². The fourth-order valence-electron chi connectivity index (χ4n) is 3.66. The van der Waals surface area contributed by atoms with Crippen LogP contribution in [-0.4, -0.2) is 31.7 Å². The van der Waals surface area contributed by atoms with Crippen LogP contribution in [0.2, 0.25) is 0 Å². The molecule has 1 aliphatic rings. The average molecular weight is 381 g/mol. The summed E-state index contributed by atoms with van der Waals surface area (Å²) >= 11 is 0. The molecule has 0 saturated heterocycles. The summed E-state index contributed by atoms with van der Waals surface area (Å²) in [5.41, 5.74) is 2.38. The highest BCUT2D eigenvalue weighted by molar-refractivity contribution is 7.89. The van der Waals surface area contributed by atoms with Gasteiger partial charge >= 0.3 is 0 Å². The predicted octanol–water partition coefficient (Wildman–Crippen LogP) is 4.24. The van der Waals surface area contributed by atoms with E-state index in [-0.39, 0.29) is 10.8 Å². The first-order chi connectivity index (χ1) is 12.3. The highest BCUT2D eigenvalue weighted by atomic mass is 32.2. The van der Waals surface area contributed by atoms with Crippen LogP contribution in [-0.2, 0) is 14.8 Å². The second-order valence-corrected chi connectivity index (χ2v) is 9.18. The maximum absolute atomic E-state index is 12.8. The smallest absolute Gasteiger partial charge is 0.243 e. The molecular weight excluding hydrogens is 348 g/mol. The lowest BCUT2D eigenvalue weighted by Gasteiger charge is -2.20. The van der Waals surface area contributed by atoms with Gasteiger partial charge in [0.15, 0.2) is 0 Å². The van der Waals surface area contributed by atoms with Crippen molar-refractivity contribution in [2.45, 2.75) is 71.1 Å². The molecule has 26 heavy (non-hydrogen) atoms. The summed E-state index contributed by atoms with van der Waals surface area (Å²) in [6.45, 7) is 8.30. The molecule has 1 amide bonds. The number of amides is 1. The van der Waals surface area contributed by atoms with Crippen LogP contribution in [0.25, 0.3) is 0 Å². The highest BCUT2D eigenvalue weighted by Crippen LogP contribution is 2.29. The Balaban J connectivity index is 2.17. The number of benzene rings is 1. The molecule has 0 heterocycles. The molecule has 5 nitrogen and oxygen atoms in total.